The molecular formula is C12H16N2. The number of fused-ring (bicyclic) bond motifs is 1. The van der Waals surface area contributed by atoms with E-state index in [9.17, 15) is 0 Å². The molecule has 0 aromatic carbocycles. The van der Waals surface area contributed by atoms with Crippen LogP contribution in [0.2, 0.25) is 0 Å². The van der Waals surface area contributed by atoms with Crippen molar-refractivity contribution in [1.82, 2.24) is 9.97 Å². The van der Waals surface area contributed by atoms with E-state index < -0.39 is 0 Å². The Morgan fingerprint density at radius 3 is 3.00 bits per heavy atom. The van der Waals surface area contributed by atoms with Crippen LogP contribution in [-0.4, -0.2) is 9.97 Å². The Bertz CT molecular complexity index is 443. The number of rotatable bonds is 2. The molecule has 0 saturated heterocycles. The summed E-state index contributed by atoms with van der Waals surface area (Å²) in [6.07, 6.45) is 5.25. The van der Waals surface area contributed by atoms with Crippen molar-refractivity contribution >= 4 is 10.9 Å². The van der Waals surface area contributed by atoms with Gasteiger partial charge in [0.2, 0.25) is 0 Å². The van der Waals surface area contributed by atoms with Crippen molar-refractivity contribution in [3.8, 4) is 0 Å². The van der Waals surface area contributed by atoms with Crippen molar-refractivity contribution < 1.29 is 0 Å². The molecule has 2 aromatic rings. The second kappa shape index (κ2) is 3.45. The molecule has 0 radical (unpaired) electrons. The molecule has 2 aromatic heterocycles. The fraction of sp³-hybridized carbons (Fsp3) is 0.417. The Morgan fingerprint density at radius 2 is 2.29 bits per heavy atom. The lowest BCUT2D eigenvalue weighted by Gasteiger charge is -2.05. The van der Waals surface area contributed by atoms with E-state index in [1.54, 1.807) is 0 Å². The summed E-state index contributed by atoms with van der Waals surface area (Å²) in [7, 11) is 0. The fourth-order valence-electron chi connectivity index (χ4n) is 1.77. The molecule has 0 amide bonds. The predicted octanol–water partition coefficient (Wildman–Crippen LogP) is 3.38. The van der Waals surface area contributed by atoms with Gasteiger partial charge >= 0.3 is 0 Å². The van der Waals surface area contributed by atoms with Crippen LogP contribution in [0.15, 0.2) is 18.5 Å². The van der Waals surface area contributed by atoms with Gasteiger partial charge in [-0.2, -0.15) is 0 Å². The molecule has 2 nitrogen and oxygen atoms in total. The lowest BCUT2D eigenvalue weighted by atomic mass is 9.99. The third kappa shape index (κ3) is 1.41. The molecule has 0 aliphatic heterocycles. The third-order valence-corrected chi connectivity index (χ3v) is 2.88. The van der Waals surface area contributed by atoms with Gasteiger partial charge < -0.3 is 4.98 Å². The van der Waals surface area contributed by atoms with Gasteiger partial charge in [0.15, 0.2) is 0 Å². The van der Waals surface area contributed by atoms with Crippen LogP contribution in [0.4, 0.5) is 0 Å². The summed E-state index contributed by atoms with van der Waals surface area (Å²) in [4.78, 5) is 7.64. The minimum Gasteiger partial charge on any atom is -0.361 e. The first kappa shape index (κ1) is 9.25. The van der Waals surface area contributed by atoms with Gasteiger partial charge in [0.05, 0.1) is 0 Å². The highest BCUT2D eigenvalue weighted by molar-refractivity contribution is 5.83. The molecule has 0 fully saturated rings. The average Bonchev–Trinajstić information content (AvgIpc) is 2.59. The van der Waals surface area contributed by atoms with Gasteiger partial charge in [-0.1, -0.05) is 13.8 Å². The summed E-state index contributed by atoms with van der Waals surface area (Å²) in [6.45, 7) is 6.48. The van der Waals surface area contributed by atoms with E-state index in [1.807, 2.05) is 13.1 Å². The molecule has 0 aliphatic rings. The van der Waals surface area contributed by atoms with E-state index in [0.717, 1.165) is 5.69 Å². The quantitative estimate of drug-likeness (QED) is 0.769. The molecule has 0 aliphatic carbocycles. The largest absolute Gasteiger partial charge is 0.361 e. The first-order valence-electron chi connectivity index (χ1n) is 5.16. The maximum Gasteiger partial charge on any atom is 0.0490 e. The lowest BCUT2D eigenvalue weighted by molar-refractivity contribution is 0.739. The number of aromatic amines is 1. The molecule has 2 heteroatoms. The van der Waals surface area contributed by atoms with Gasteiger partial charge in [0.1, 0.15) is 0 Å². The molecule has 2 heterocycles. The Hall–Kier alpha value is -1.31. The lowest BCUT2D eigenvalue weighted by Crippen LogP contribution is -1.89. The highest BCUT2D eigenvalue weighted by atomic mass is 14.7. The first-order chi connectivity index (χ1) is 6.72. The minimum absolute atomic E-state index is 0.605. The number of aromatic nitrogens is 2. The van der Waals surface area contributed by atoms with Gasteiger partial charge in [-0.15, -0.1) is 0 Å². The Balaban J connectivity index is 2.58. The van der Waals surface area contributed by atoms with Gasteiger partial charge in [-0.05, 0) is 30.9 Å². The number of pyridine rings is 1. The SMILES string of the molecule is CCC(C)c1c[nH]c2cc(C)ncc12. The van der Waals surface area contributed by atoms with Gasteiger partial charge in [0.25, 0.3) is 0 Å². The second-order valence-electron chi connectivity index (χ2n) is 3.92. The maximum absolute atomic E-state index is 4.34. The van der Waals surface area contributed by atoms with Crippen LogP contribution < -0.4 is 0 Å². The molecule has 74 valence electrons. The van der Waals surface area contributed by atoms with Gasteiger partial charge in [-0.3, -0.25) is 4.98 Å². The van der Waals surface area contributed by atoms with Crippen LogP contribution in [0.5, 0.6) is 0 Å². The molecule has 0 saturated carbocycles. The summed E-state index contributed by atoms with van der Waals surface area (Å²) in [5, 5.41) is 1.27. The van der Waals surface area contributed by atoms with Crippen molar-refractivity contribution in [2.24, 2.45) is 0 Å². The van der Waals surface area contributed by atoms with Crippen LogP contribution in [0.25, 0.3) is 10.9 Å². The zero-order valence-corrected chi connectivity index (χ0v) is 8.96. The monoisotopic (exact) mass is 188 g/mol. The average molecular weight is 188 g/mol. The van der Waals surface area contributed by atoms with Gasteiger partial charge in [0, 0.05) is 29.0 Å². The molecular weight excluding hydrogens is 172 g/mol. The van der Waals surface area contributed by atoms with E-state index in [0.29, 0.717) is 5.92 Å². The van der Waals surface area contributed by atoms with Crippen molar-refractivity contribution in [3.63, 3.8) is 0 Å². The maximum atomic E-state index is 4.34. The Kier molecular flexibility index (Phi) is 2.28. The fourth-order valence-corrected chi connectivity index (χ4v) is 1.77. The summed E-state index contributed by atoms with van der Waals surface area (Å²) >= 11 is 0. The molecule has 0 spiro atoms. The summed E-state index contributed by atoms with van der Waals surface area (Å²) in [6, 6.07) is 2.10. The van der Waals surface area contributed by atoms with Crippen LogP contribution in [-0.2, 0) is 0 Å². The molecule has 14 heavy (non-hydrogen) atoms. The smallest absolute Gasteiger partial charge is 0.0490 e. The van der Waals surface area contributed by atoms with Crippen molar-refractivity contribution in [2.45, 2.75) is 33.1 Å². The number of nitrogens with one attached hydrogen (secondary N) is 1. The third-order valence-electron chi connectivity index (χ3n) is 2.88. The number of H-pyrrole nitrogens is 1. The highest BCUT2D eigenvalue weighted by Crippen LogP contribution is 2.26. The normalized spacial score (nSPS) is 13.4. The highest BCUT2D eigenvalue weighted by Gasteiger charge is 2.09. The van der Waals surface area contributed by atoms with Crippen molar-refractivity contribution in [3.05, 3.63) is 29.7 Å². The Morgan fingerprint density at radius 1 is 1.50 bits per heavy atom. The van der Waals surface area contributed by atoms with Crippen LogP contribution >= 0.6 is 0 Å². The topological polar surface area (TPSA) is 28.7 Å². The Labute approximate surface area is 84.4 Å². The first-order valence-corrected chi connectivity index (χ1v) is 5.16. The number of aryl methyl sites for hydroxylation is 1. The molecule has 1 N–H and O–H groups in total. The van der Waals surface area contributed by atoms with E-state index in [4.69, 9.17) is 0 Å². The van der Waals surface area contributed by atoms with E-state index in [1.165, 1.54) is 22.9 Å². The standard InChI is InChI=1S/C12H16N2/c1-4-8(2)10-6-14-12-5-9(3)13-7-11(10)12/h5-8,14H,4H2,1-3H3. The summed E-state index contributed by atoms with van der Waals surface area (Å²) in [5.74, 6) is 0.605. The molecule has 1 unspecified atom stereocenters. The van der Waals surface area contributed by atoms with Crippen molar-refractivity contribution in [2.75, 3.05) is 0 Å². The van der Waals surface area contributed by atoms with Crippen molar-refractivity contribution in [1.29, 1.82) is 0 Å². The second-order valence-corrected chi connectivity index (χ2v) is 3.92. The van der Waals surface area contributed by atoms with E-state index in [2.05, 4.69) is 36.1 Å². The van der Waals surface area contributed by atoms with Crippen LogP contribution in [0.3, 0.4) is 0 Å². The molecule has 0 bridgehead atoms. The van der Waals surface area contributed by atoms with E-state index in [-0.39, 0.29) is 0 Å². The number of hydrogen-bond acceptors (Lipinski definition) is 1. The molecule has 2 rings (SSSR count). The number of nitrogens with zero attached hydrogens (tertiary/aromatic N) is 1. The van der Waals surface area contributed by atoms with Crippen LogP contribution in [0.1, 0.15) is 37.4 Å². The molecule has 1 atom stereocenters. The summed E-state index contributed by atoms with van der Waals surface area (Å²) < 4.78 is 0. The minimum atomic E-state index is 0.605. The van der Waals surface area contributed by atoms with E-state index >= 15 is 0 Å². The van der Waals surface area contributed by atoms with Gasteiger partial charge in [-0.25, -0.2) is 0 Å². The zero-order chi connectivity index (χ0) is 10.1. The number of hydrogen-bond donors (Lipinski definition) is 1. The predicted molar refractivity (Wildman–Crippen MR) is 59.5 cm³/mol. The summed E-state index contributed by atoms with van der Waals surface area (Å²) in [5.41, 5.74) is 3.65. The zero-order valence-electron chi connectivity index (χ0n) is 8.96. The van der Waals surface area contributed by atoms with Crippen LogP contribution in [0, 0.1) is 6.92 Å².